The molecule has 2 rings (SSSR count). The fourth-order valence-corrected chi connectivity index (χ4v) is 1.72. The highest BCUT2D eigenvalue weighted by atomic mass is 79.9. The quantitative estimate of drug-likeness (QED) is 0.855. The van der Waals surface area contributed by atoms with Gasteiger partial charge in [-0.1, -0.05) is 15.9 Å². The highest BCUT2D eigenvalue weighted by Crippen LogP contribution is 2.15. The molecule has 0 unspecified atom stereocenters. The number of benzene rings is 1. The lowest BCUT2D eigenvalue weighted by atomic mass is 10.2. The first-order chi connectivity index (χ1) is 8.56. The maximum absolute atomic E-state index is 11.9. The molecule has 0 saturated heterocycles. The van der Waals surface area contributed by atoms with E-state index >= 15 is 0 Å². The van der Waals surface area contributed by atoms with Gasteiger partial charge >= 0.3 is 0 Å². The van der Waals surface area contributed by atoms with Crippen LogP contribution in [-0.2, 0) is 0 Å². The smallest absolute Gasteiger partial charge is 0.272 e. The topological polar surface area (TPSA) is 62.0 Å². The number of Topliss-reactive ketones (excluding diaryl/α,β-unsaturated/α-hetero) is 1. The highest BCUT2D eigenvalue weighted by molar-refractivity contribution is 9.10. The van der Waals surface area contributed by atoms with Gasteiger partial charge in [-0.05, 0) is 37.3 Å². The lowest BCUT2D eigenvalue weighted by Gasteiger charge is -2.03. The molecule has 0 aliphatic rings. The van der Waals surface area contributed by atoms with Crippen molar-refractivity contribution in [2.24, 2.45) is 0 Å². The zero-order valence-electron chi connectivity index (χ0n) is 9.66. The van der Waals surface area contributed by atoms with Gasteiger partial charge in [-0.15, -0.1) is 0 Å². The molecular weight excluding hydrogens is 296 g/mol. The van der Waals surface area contributed by atoms with E-state index in [0.717, 1.165) is 4.47 Å². The molecule has 0 aliphatic heterocycles. The lowest BCUT2D eigenvalue weighted by molar-refractivity contribution is 0.101. The predicted octanol–water partition coefficient (Wildman–Crippen LogP) is 3.23. The lowest BCUT2D eigenvalue weighted by Crippen LogP contribution is -2.12. The molecule has 1 heterocycles. The van der Waals surface area contributed by atoms with E-state index in [0.29, 0.717) is 16.9 Å². The van der Waals surface area contributed by atoms with Crippen LogP contribution in [0.15, 0.2) is 41.0 Å². The largest absolute Gasteiger partial charge is 0.356 e. The maximum Gasteiger partial charge on any atom is 0.272 e. The second-order valence-corrected chi connectivity index (χ2v) is 4.73. The molecule has 0 aliphatic carbocycles. The van der Waals surface area contributed by atoms with E-state index < -0.39 is 0 Å². The normalized spacial score (nSPS) is 10.1. The van der Waals surface area contributed by atoms with E-state index in [1.54, 1.807) is 12.1 Å². The van der Waals surface area contributed by atoms with Crippen LogP contribution >= 0.6 is 15.9 Å². The van der Waals surface area contributed by atoms with E-state index in [-0.39, 0.29) is 11.7 Å². The second-order valence-electron chi connectivity index (χ2n) is 3.82. The molecule has 5 heteroatoms. The molecule has 0 fully saturated rings. The summed E-state index contributed by atoms with van der Waals surface area (Å²) in [6, 6.07) is 8.79. The van der Waals surface area contributed by atoms with Gasteiger partial charge in [0.15, 0.2) is 5.78 Å². The van der Waals surface area contributed by atoms with Crippen LogP contribution in [0.25, 0.3) is 0 Å². The van der Waals surface area contributed by atoms with Crippen LogP contribution in [0.5, 0.6) is 0 Å². The number of nitrogens with one attached hydrogen (secondary N) is 2. The van der Waals surface area contributed by atoms with E-state index in [1.807, 2.05) is 12.1 Å². The first-order valence-corrected chi connectivity index (χ1v) is 6.12. The molecule has 2 aromatic rings. The van der Waals surface area contributed by atoms with Crippen molar-refractivity contribution in [3.63, 3.8) is 0 Å². The third kappa shape index (κ3) is 2.87. The summed E-state index contributed by atoms with van der Waals surface area (Å²) in [6.07, 6.45) is 1.53. The minimum absolute atomic E-state index is 0.0751. The number of aromatic nitrogens is 1. The van der Waals surface area contributed by atoms with Gasteiger partial charge in [-0.2, -0.15) is 0 Å². The van der Waals surface area contributed by atoms with Crippen molar-refractivity contribution in [3.05, 3.63) is 52.3 Å². The predicted molar refractivity (Wildman–Crippen MR) is 72.9 cm³/mol. The van der Waals surface area contributed by atoms with Gasteiger partial charge in [0, 0.05) is 21.9 Å². The fraction of sp³-hybridized carbons (Fsp3) is 0.0769. The molecule has 4 nitrogen and oxygen atoms in total. The zero-order chi connectivity index (χ0) is 13.1. The summed E-state index contributed by atoms with van der Waals surface area (Å²) < 4.78 is 0.944. The third-order valence-corrected chi connectivity index (χ3v) is 2.96. The third-order valence-electron chi connectivity index (χ3n) is 2.44. The Morgan fingerprint density at radius 3 is 2.44 bits per heavy atom. The molecule has 0 spiro atoms. The average molecular weight is 307 g/mol. The SMILES string of the molecule is CC(=O)c1c[nH]c(C(=O)Nc2ccc(Br)cc2)c1. The summed E-state index contributed by atoms with van der Waals surface area (Å²) in [6.45, 7) is 1.46. The summed E-state index contributed by atoms with van der Waals surface area (Å²) in [7, 11) is 0. The van der Waals surface area contributed by atoms with Gasteiger partial charge in [0.1, 0.15) is 5.69 Å². The molecule has 0 bridgehead atoms. The Hall–Kier alpha value is -1.88. The number of hydrogen-bond donors (Lipinski definition) is 2. The summed E-state index contributed by atoms with van der Waals surface area (Å²) in [4.78, 5) is 25.8. The van der Waals surface area contributed by atoms with Crippen LogP contribution in [0.4, 0.5) is 5.69 Å². The minimum atomic E-state index is -0.273. The number of rotatable bonds is 3. The van der Waals surface area contributed by atoms with Crippen molar-refractivity contribution >= 4 is 33.3 Å². The van der Waals surface area contributed by atoms with E-state index in [2.05, 4.69) is 26.2 Å². The maximum atomic E-state index is 11.9. The van der Waals surface area contributed by atoms with Gasteiger partial charge in [0.05, 0.1) is 0 Å². The first kappa shape index (κ1) is 12.6. The Labute approximate surface area is 113 Å². The Kier molecular flexibility index (Phi) is 3.62. The number of ketones is 1. The van der Waals surface area contributed by atoms with Crippen LogP contribution in [0.3, 0.4) is 0 Å². The highest BCUT2D eigenvalue weighted by Gasteiger charge is 2.10. The van der Waals surface area contributed by atoms with Crippen LogP contribution in [-0.4, -0.2) is 16.7 Å². The van der Waals surface area contributed by atoms with Gasteiger partial charge in [0.25, 0.3) is 5.91 Å². The van der Waals surface area contributed by atoms with E-state index in [4.69, 9.17) is 0 Å². The number of carbonyl (C=O) groups is 2. The number of aromatic amines is 1. The van der Waals surface area contributed by atoms with Crippen molar-refractivity contribution in [1.29, 1.82) is 0 Å². The van der Waals surface area contributed by atoms with Crippen LogP contribution < -0.4 is 5.32 Å². The molecule has 0 radical (unpaired) electrons. The second kappa shape index (κ2) is 5.18. The summed E-state index contributed by atoms with van der Waals surface area (Å²) >= 11 is 3.32. The molecule has 1 amide bonds. The van der Waals surface area contributed by atoms with Crippen LogP contribution in [0.2, 0.25) is 0 Å². The van der Waals surface area contributed by atoms with Gasteiger partial charge in [-0.25, -0.2) is 0 Å². The van der Waals surface area contributed by atoms with Crippen molar-refractivity contribution < 1.29 is 9.59 Å². The summed E-state index contributed by atoms with van der Waals surface area (Å²) in [5.41, 5.74) is 1.56. The van der Waals surface area contributed by atoms with E-state index in [9.17, 15) is 9.59 Å². The minimum Gasteiger partial charge on any atom is -0.356 e. The Morgan fingerprint density at radius 1 is 1.22 bits per heavy atom. The average Bonchev–Trinajstić information content (AvgIpc) is 2.81. The van der Waals surface area contributed by atoms with E-state index in [1.165, 1.54) is 19.2 Å². The summed E-state index contributed by atoms with van der Waals surface area (Å²) in [5, 5.41) is 2.74. The molecule has 2 N–H and O–H groups in total. The van der Waals surface area contributed by atoms with Gasteiger partial charge in [0.2, 0.25) is 0 Å². The van der Waals surface area contributed by atoms with Crippen molar-refractivity contribution in [2.75, 3.05) is 5.32 Å². The molecule has 92 valence electrons. The Morgan fingerprint density at radius 2 is 1.89 bits per heavy atom. The number of hydrogen-bond acceptors (Lipinski definition) is 2. The fourth-order valence-electron chi connectivity index (χ4n) is 1.46. The van der Waals surface area contributed by atoms with Crippen LogP contribution in [0.1, 0.15) is 27.8 Å². The summed E-state index contributed by atoms with van der Waals surface area (Å²) in [5.74, 6) is -0.348. The Balaban J connectivity index is 2.11. The van der Waals surface area contributed by atoms with Crippen molar-refractivity contribution in [1.82, 2.24) is 4.98 Å². The number of H-pyrrole nitrogens is 1. The number of amides is 1. The van der Waals surface area contributed by atoms with Crippen LogP contribution in [0, 0.1) is 0 Å². The molecule has 1 aromatic heterocycles. The molecular formula is C13H11BrN2O2. The zero-order valence-corrected chi connectivity index (χ0v) is 11.2. The number of halogens is 1. The number of anilines is 1. The Bertz CT molecular complexity index is 587. The van der Waals surface area contributed by atoms with Crippen molar-refractivity contribution in [3.8, 4) is 0 Å². The molecule has 0 saturated carbocycles. The molecule has 18 heavy (non-hydrogen) atoms. The monoisotopic (exact) mass is 306 g/mol. The first-order valence-electron chi connectivity index (χ1n) is 5.32. The van der Waals surface area contributed by atoms with Gasteiger partial charge in [-0.3, -0.25) is 9.59 Å². The standard InChI is InChI=1S/C13H11BrN2O2/c1-8(17)9-6-12(15-7-9)13(18)16-11-4-2-10(14)3-5-11/h2-7,15H,1H3,(H,16,18). The van der Waals surface area contributed by atoms with Gasteiger partial charge < -0.3 is 10.3 Å². The molecule has 1 aromatic carbocycles. The molecule has 0 atom stereocenters. The number of carbonyl (C=O) groups excluding carboxylic acids is 2. The van der Waals surface area contributed by atoms with Crippen molar-refractivity contribution in [2.45, 2.75) is 6.92 Å².